The summed E-state index contributed by atoms with van der Waals surface area (Å²) >= 11 is 0. The number of allylic oxidation sites excluding steroid dienone is 2. The molecular formula is C13H19N. The first kappa shape index (κ1) is 9.77. The van der Waals surface area contributed by atoms with Crippen LogP contribution in [0.15, 0.2) is 11.6 Å². The molecule has 0 spiro atoms. The Bertz CT molecular complexity index is 319. The molecule has 0 amide bonds. The zero-order valence-electron chi connectivity index (χ0n) is 9.43. The van der Waals surface area contributed by atoms with E-state index >= 15 is 0 Å². The van der Waals surface area contributed by atoms with Gasteiger partial charge in [0.25, 0.3) is 0 Å². The number of hydrogen-bond donors (Lipinski definition) is 0. The Hall–Kier alpha value is -0.770. The van der Waals surface area contributed by atoms with Crippen LogP contribution in [-0.4, -0.2) is 0 Å². The Labute approximate surface area is 86.8 Å². The first-order valence-corrected chi connectivity index (χ1v) is 5.57. The van der Waals surface area contributed by atoms with Gasteiger partial charge in [-0.2, -0.15) is 5.26 Å². The van der Waals surface area contributed by atoms with Gasteiger partial charge in [-0.25, -0.2) is 0 Å². The van der Waals surface area contributed by atoms with Crippen molar-refractivity contribution in [3.8, 4) is 6.07 Å². The molecule has 1 saturated carbocycles. The highest BCUT2D eigenvalue weighted by Crippen LogP contribution is 2.64. The van der Waals surface area contributed by atoms with E-state index in [0.717, 1.165) is 24.3 Å². The SMILES string of the molecule is CC1(C)CC1C1(C)CC=C(C#N)CC1. The lowest BCUT2D eigenvalue weighted by molar-refractivity contribution is 0.211. The third-order valence-electron chi connectivity index (χ3n) is 4.28. The van der Waals surface area contributed by atoms with Crippen LogP contribution in [0.2, 0.25) is 0 Å². The smallest absolute Gasteiger partial charge is 0.0943 e. The Kier molecular flexibility index (Phi) is 2.00. The maximum absolute atomic E-state index is 8.80. The van der Waals surface area contributed by atoms with E-state index in [2.05, 4.69) is 32.9 Å². The van der Waals surface area contributed by atoms with Gasteiger partial charge in [-0.15, -0.1) is 0 Å². The van der Waals surface area contributed by atoms with Crippen molar-refractivity contribution in [2.75, 3.05) is 0 Å². The molecular weight excluding hydrogens is 170 g/mol. The predicted octanol–water partition coefficient (Wildman–Crippen LogP) is 3.67. The van der Waals surface area contributed by atoms with Crippen LogP contribution in [0.3, 0.4) is 0 Å². The average molecular weight is 189 g/mol. The van der Waals surface area contributed by atoms with Crippen LogP contribution in [0.25, 0.3) is 0 Å². The lowest BCUT2D eigenvalue weighted by Gasteiger charge is -2.33. The number of nitrogens with zero attached hydrogens (tertiary/aromatic N) is 1. The molecule has 1 heteroatoms. The maximum atomic E-state index is 8.80. The first-order valence-electron chi connectivity index (χ1n) is 5.57. The van der Waals surface area contributed by atoms with Crippen molar-refractivity contribution in [3.63, 3.8) is 0 Å². The van der Waals surface area contributed by atoms with Crippen molar-refractivity contribution in [1.29, 1.82) is 5.26 Å². The van der Waals surface area contributed by atoms with Crippen LogP contribution in [-0.2, 0) is 0 Å². The van der Waals surface area contributed by atoms with Gasteiger partial charge in [0.05, 0.1) is 6.07 Å². The third kappa shape index (κ3) is 1.47. The number of rotatable bonds is 1. The van der Waals surface area contributed by atoms with E-state index in [4.69, 9.17) is 5.26 Å². The van der Waals surface area contributed by atoms with E-state index in [-0.39, 0.29) is 0 Å². The predicted molar refractivity (Wildman–Crippen MR) is 57.5 cm³/mol. The van der Waals surface area contributed by atoms with Gasteiger partial charge in [0.2, 0.25) is 0 Å². The van der Waals surface area contributed by atoms with Gasteiger partial charge in [0.1, 0.15) is 0 Å². The summed E-state index contributed by atoms with van der Waals surface area (Å²) in [6.45, 7) is 7.13. The topological polar surface area (TPSA) is 23.8 Å². The van der Waals surface area contributed by atoms with E-state index in [1.54, 1.807) is 0 Å². The largest absolute Gasteiger partial charge is 0.193 e. The highest BCUT2D eigenvalue weighted by Gasteiger charge is 2.55. The Morgan fingerprint density at radius 3 is 2.43 bits per heavy atom. The minimum Gasteiger partial charge on any atom is -0.193 e. The fraction of sp³-hybridized carbons (Fsp3) is 0.769. The summed E-state index contributed by atoms with van der Waals surface area (Å²) in [6.07, 6.45) is 6.86. The summed E-state index contributed by atoms with van der Waals surface area (Å²) in [6, 6.07) is 2.28. The lowest BCUT2D eigenvalue weighted by Crippen LogP contribution is -2.23. The molecule has 0 saturated heterocycles. The Morgan fingerprint density at radius 1 is 1.43 bits per heavy atom. The quantitative estimate of drug-likeness (QED) is 0.617. The third-order valence-corrected chi connectivity index (χ3v) is 4.28. The molecule has 2 rings (SSSR count). The zero-order chi connectivity index (χ0) is 10.4. The van der Waals surface area contributed by atoms with E-state index < -0.39 is 0 Å². The molecule has 1 nitrogen and oxygen atoms in total. The second-order valence-electron chi connectivity index (χ2n) is 5.94. The molecule has 0 aromatic carbocycles. The van der Waals surface area contributed by atoms with E-state index in [1.807, 2.05) is 0 Å². The highest BCUT2D eigenvalue weighted by atomic mass is 14.6. The van der Waals surface area contributed by atoms with E-state index in [9.17, 15) is 0 Å². The minimum absolute atomic E-state index is 0.476. The summed E-state index contributed by atoms with van der Waals surface area (Å²) in [5, 5.41) is 8.80. The molecule has 2 atom stereocenters. The Balaban J connectivity index is 2.08. The highest BCUT2D eigenvalue weighted by molar-refractivity contribution is 5.25. The normalized spacial score (nSPS) is 39.9. The lowest BCUT2D eigenvalue weighted by atomic mass is 9.71. The van der Waals surface area contributed by atoms with Gasteiger partial charge in [0, 0.05) is 5.57 Å². The van der Waals surface area contributed by atoms with Gasteiger partial charge < -0.3 is 0 Å². The van der Waals surface area contributed by atoms with Gasteiger partial charge in [-0.05, 0) is 42.4 Å². The fourth-order valence-corrected chi connectivity index (χ4v) is 3.06. The van der Waals surface area contributed by atoms with Crippen molar-refractivity contribution in [3.05, 3.63) is 11.6 Å². The van der Waals surface area contributed by atoms with Crippen molar-refractivity contribution in [2.24, 2.45) is 16.7 Å². The molecule has 0 aliphatic heterocycles. The van der Waals surface area contributed by atoms with Crippen LogP contribution in [0.1, 0.15) is 46.5 Å². The molecule has 2 aliphatic carbocycles. The Morgan fingerprint density at radius 2 is 2.07 bits per heavy atom. The molecule has 1 fully saturated rings. The van der Waals surface area contributed by atoms with Crippen molar-refractivity contribution < 1.29 is 0 Å². The van der Waals surface area contributed by atoms with Crippen LogP contribution < -0.4 is 0 Å². The molecule has 0 bridgehead atoms. The van der Waals surface area contributed by atoms with Crippen molar-refractivity contribution >= 4 is 0 Å². The summed E-state index contributed by atoms with van der Waals surface area (Å²) in [5.74, 6) is 0.881. The maximum Gasteiger partial charge on any atom is 0.0943 e. The summed E-state index contributed by atoms with van der Waals surface area (Å²) in [5.41, 5.74) is 2.04. The fourth-order valence-electron chi connectivity index (χ4n) is 3.06. The first-order chi connectivity index (χ1) is 6.48. The van der Waals surface area contributed by atoms with E-state index in [1.165, 1.54) is 12.8 Å². The number of hydrogen-bond acceptors (Lipinski definition) is 1. The molecule has 0 radical (unpaired) electrons. The molecule has 0 aromatic heterocycles. The molecule has 0 aromatic rings. The van der Waals surface area contributed by atoms with Gasteiger partial charge in [-0.3, -0.25) is 0 Å². The number of nitriles is 1. The van der Waals surface area contributed by atoms with Crippen LogP contribution in [0.4, 0.5) is 0 Å². The second-order valence-corrected chi connectivity index (χ2v) is 5.94. The van der Waals surface area contributed by atoms with E-state index in [0.29, 0.717) is 10.8 Å². The molecule has 76 valence electrons. The summed E-state index contributed by atoms with van der Waals surface area (Å²) in [7, 11) is 0. The monoisotopic (exact) mass is 189 g/mol. The molecule has 2 unspecified atom stereocenters. The van der Waals surface area contributed by atoms with Gasteiger partial charge in [-0.1, -0.05) is 26.8 Å². The molecule has 0 heterocycles. The van der Waals surface area contributed by atoms with Crippen molar-refractivity contribution in [2.45, 2.75) is 46.5 Å². The van der Waals surface area contributed by atoms with Crippen LogP contribution >= 0.6 is 0 Å². The molecule has 0 N–H and O–H groups in total. The van der Waals surface area contributed by atoms with Gasteiger partial charge >= 0.3 is 0 Å². The van der Waals surface area contributed by atoms with Crippen molar-refractivity contribution in [1.82, 2.24) is 0 Å². The van der Waals surface area contributed by atoms with Crippen LogP contribution in [0.5, 0.6) is 0 Å². The zero-order valence-corrected chi connectivity index (χ0v) is 9.43. The van der Waals surface area contributed by atoms with Crippen LogP contribution in [0, 0.1) is 28.1 Å². The molecule has 2 aliphatic rings. The molecule has 14 heavy (non-hydrogen) atoms. The minimum atomic E-state index is 0.476. The summed E-state index contributed by atoms with van der Waals surface area (Å²) in [4.78, 5) is 0. The second kappa shape index (κ2) is 2.86. The average Bonchev–Trinajstić information content (AvgIpc) is 2.78. The standard InChI is InChI=1S/C13H19N/c1-12(2)8-11(12)13(3)6-4-10(9-14)5-7-13/h4,11H,5-8H2,1-3H3. The summed E-state index contributed by atoms with van der Waals surface area (Å²) < 4.78 is 0. The van der Waals surface area contributed by atoms with Gasteiger partial charge in [0.15, 0.2) is 0 Å².